The van der Waals surface area contributed by atoms with Crippen LogP contribution in [-0.4, -0.2) is 28.6 Å². The van der Waals surface area contributed by atoms with Gasteiger partial charge >= 0.3 is 5.97 Å². The van der Waals surface area contributed by atoms with Crippen LogP contribution in [0.5, 0.6) is 0 Å². The first-order valence-corrected chi connectivity index (χ1v) is 6.30. The molecule has 1 heterocycles. The van der Waals surface area contributed by atoms with Gasteiger partial charge in [-0.15, -0.1) is 0 Å². The SMILES string of the molecule is Cc1ccc(F)c(CN2CCCCC2C(=O)O)c1. The molecule has 3 nitrogen and oxygen atoms in total. The number of piperidine rings is 1. The van der Waals surface area contributed by atoms with Crippen LogP contribution in [0.2, 0.25) is 0 Å². The van der Waals surface area contributed by atoms with Crippen molar-refractivity contribution in [2.24, 2.45) is 0 Å². The number of hydrogen-bond acceptors (Lipinski definition) is 2. The van der Waals surface area contributed by atoms with Crippen LogP contribution in [0.25, 0.3) is 0 Å². The van der Waals surface area contributed by atoms with E-state index in [-0.39, 0.29) is 5.82 Å². The van der Waals surface area contributed by atoms with Crippen molar-refractivity contribution in [2.45, 2.75) is 38.8 Å². The van der Waals surface area contributed by atoms with Crippen LogP contribution >= 0.6 is 0 Å². The normalized spacial score (nSPS) is 20.9. The molecular weight excluding hydrogens is 233 g/mol. The predicted molar refractivity (Wildman–Crippen MR) is 66.8 cm³/mol. The summed E-state index contributed by atoms with van der Waals surface area (Å²) >= 11 is 0. The van der Waals surface area contributed by atoms with Gasteiger partial charge in [0.05, 0.1) is 0 Å². The van der Waals surface area contributed by atoms with E-state index in [1.165, 1.54) is 6.07 Å². The molecule has 4 heteroatoms. The number of aryl methyl sites for hydroxylation is 1. The minimum absolute atomic E-state index is 0.254. The van der Waals surface area contributed by atoms with Crippen LogP contribution in [0.1, 0.15) is 30.4 Å². The molecule has 1 N–H and O–H groups in total. The molecule has 0 amide bonds. The lowest BCUT2D eigenvalue weighted by Crippen LogP contribution is -2.44. The molecule has 1 aliphatic heterocycles. The van der Waals surface area contributed by atoms with Crippen molar-refractivity contribution in [3.05, 3.63) is 35.1 Å². The van der Waals surface area contributed by atoms with E-state index >= 15 is 0 Å². The van der Waals surface area contributed by atoms with Crippen LogP contribution in [0.4, 0.5) is 4.39 Å². The van der Waals surface area contributed by atoms with E-state index in [2.05, 4.69) is 0 Å². The van der Waals surface area contributed by atoms with E-state index in [0.29, 0.717) is 18.5 Å². The third kappa shape index (κ3) is 2.88. The van der Waals surface area contributed by atoms with E-state index in [0.717, 1.165) is 24.9 Å². The number of carboxylic acids is 1. The van der Waals surface area contributed by atoms with Crippen molar-refractivity contribution >= 4 is 5.97 Å². The molecule has 1 aromatic rings. The number of benzene rings is 1. The van der Waals surface area contributed by atoms with Gasteiger partial charge in [0.25, 0.3) is 0 Å². The van der Waals surface area contributed by atoms with Crippen molar-refractivity contribution in [3.8, 4) is 0 Å². The summed E-state index contributed by atoms with van der Waals surface area (Å²) in [6.45, 7) is 3.02. The van der Waals surface area contributed by atoms with Gasteiger partial charge in [0.15, 0.2) is 0 Å². The zero-order chi connectivity index (χ0) is 13.1. The molecule has 1 atom stereocenters. The Bertz CT molecular complexity index is 447. The fourth-order valence-electron chi connectivity index (χ4n) is 2.50. The molecule has 1 saturated heterocycles. The summed E-state index contributed by atoms with van der Waals surface area (Å²) in [4.78, 5) is 13.0. The molecule has 0 aliphatic carbocycles. The second-order valence-electron chi connectivity index (χ2n) is 4.92. The number of rotatable bonds is 3. The summed E-state index contributed by atoms with van der Waals surface area (Å²) in [5.74, 6) is -1.06. The smallest absolute Gasteiger partial charge is 0.320 e. The zero-order valence-electron chi connectivity index (χ0n) is 10.5. The first-order chi connectivity index (χ1) is 8.58. The molecule has 1 aromatic carbocycles. The lowest BCUT2D eigenvalue weighted by molar-refractivity contribution is -0.144. The van der Waals surface area contributed by atoms with Gasteiger partial charge in [-0.05, 0) is 32.4 Å². The summed E-state index contributed by atoms with van der Waals surface area (Å²) in [6, 6.07) is 4.50. The summed E-state index contributed by atoms with van der Waals surface area (Å²) in [5.41, 5.74) is 1.58. The molecule has 1 fully saturated rings. The Morgan fingerprint density at radius 2 is 2.28 bits per heavy atom. The average Bonchev–Trinajstić information content (AvgIpc) is 2.34. The van der Waals surface area contributed by atoms with E-state index in [4.69, 9.17) is 0 Å². The number of carbonyl (C=O) groups is 1. The maximum absolute atomic E-state index is 13.7. The van der Waals surface area contributed by atoms with E-state index in [1.807, 2.05) is 11.8 Å². The summed E-state index contributed by atoms with van der Waals surface area (Å²) < 4.78 is 13.7. The molecule has 0 spiro atoms. The number of likely N-dealkylation sites (tertiary alicyclic amines) is 1. The van der Waals surface area contributed by atoms with Crippen LogP contribution in [0.3, 0.4) is 0 Å². The molecule has 18 heavy (non-hydrogen) atoms. The maximum atomic E-state index is 13.7. The van der Waals surface area contributed by atoms with Crippen LogP contribution < -0.4 is 0 Å². The van der Waals surface area contributed by atoms with E-state index < -0.39 is 12.0 Å². The monoisotopic (exact) mass is 251 g/mol. The number of hydrogen-bond donors (Lipinski definition) is 1. The standard InChI is InChI=1S/C14H18FNO2/c1-10-5-6-12(15)11(8-10)9-16-7-3-2-4-13(16)14(17)18/h5-6,8,13H,2-4,7,9H2,1H3,(H,17,18). The molecule has 2 rings (SSSR count). The average molecular weight is 251 g/mol. The van der Waals surface area contributed by atoms with E-state index in [1.54, 1.807) is 12.1 Å². The van der Waals surface area contributed by atoms with Crippen LogP contribution in [0.15, 0.2) is 18.2 Å². The van der Waals surface area contributed by atoms with Crippen LogP contribution in [-0.2, 0) is 11.3 Å². The molecule has 0 radical (unpaired) electrons. The first-order valence-electron chi connectivity index (χ1n) is 6.30. The second-order valence-corrected chi connectivity index (χ2v) is 4.92. The van der Waals surface area contributed by atoms with Gasteiger partial charge < -0.3 is 5.11 Å². The third-order valence-electron chi connectivity index (χ3n) is 3.47. The summed E-state index contributed by atoms with van der Waals surface area (Å²) in [5, 5.41) is 9.18. The van der Waals surface area contributed by atoms with Crippen molar-refractivity contribution in [1.82, 2.24) is 4.90 Å². The molecule has 98 valence electrons. The Kier molecular flexibility index (Phi) is 3.97. The Hall–Kier alpha value is -1.42. The fraction of sp³-hybridized carbons (Fsp3) is 0.500. The Labute approximate surface area is 106 Å². The van der Waals surface area contributed by atoms with Gasteiger partial charge in [-0.1, -0.05) is 24.1 Å². The van der Waals surface area contributed by atoms with Gasteiger partial charge in [0.2, 0.25) is 0 Å². The number of nitrogens with zero attached hydrogens (tertiary/aromatic N) is 1. The van der Waals surface area contributed by atoms with Gasteiger partial charge in [-0.2, -0.15) is 0 Å². The highest BCUT2D eigenvalue weighted by molar-refractivity contribution is 5.73. The van der Waals surface area contributed by atoms with Crippen molar-refractivity contribution in [2.75, 3.05) is 6.54 Å². The lowest BCUT2D eigenvalue weighted by Gasteiger charge is -2.32. The Balaban J connectivity index is 2.15. The van der Waals surface area contributed by atoms with Crippen molar-refractivity contribution < 1.29 is 14.3 Å². The third-order valence-corrected chi connectivity index (χ3v) is 3.47. The fourth-order valence-corrected chi connectivity index (χ4v) is 2.50. The zero-order valence-corrected chi connectivity index (χ0v) is 10.5. The Morgan fingerprint density at radius 1 is 1.50 bits per heavy atom. The number of aliphatic carboxylic acids is 1. The lowest BCUT2D eigenvalue weighted by atomic mass is 10.0. The number of carboxylic acid groups (broad SMARTS) is 1. The van der Waals surface area contributed by atoms with Gasteiger partial charge in [-0.3, -0.25) is 9.69 Å². The molecule has 1 aliphatic rings. The molecule has 0 saturated carbocycles. The number of halogens is 1. The van der Waals surface area contributed by atoms with Crippen molar-refractivity contribution in [3.63, 3.8) is 0 Å². The molecular formula is C14H18FNO2. The van der Waals surface area contributed by atoms with Crippen molar-refractivity contribution in [1.29, 1.82) is 0 Å². The highest BCUT2D eigenvalue weighted by Crippen LogP contribution is 2.21. The molecule has 1 unspecified atom stereocenters. The Morgan fingerprint density at radius 3 is 3.00 bits per heavy atom. The highest BCUT2D eigenvalue weighted by Gasteiger charge is 2.28. The highest BCUT2D eigenvalue weighted by atomic mass is 19.1. The van der Waals surface area contributed by atoms with Gasteiger partial charge in [0, 0.05) is 12.1 Å². The molecule has 0 bridgehead atoms. The molecule has 0 aromatic heterocycles. The van der Waals surface area contributed by atoms with Gasteiger partial charge in [-0.25, -0.2) is 4.39 Å². The predicted octanol–water partition coefficient (Wildman–Crippen LogP) is 2.57. The summed E-state index contributed by atoms with van der Waals surface area (Å²) in [6.07, 6.45) is 2.57. The second kappa shape index (κ2) is 5.48. The maximum Gasteiger partial charge on any atom is 0.320 e. The first kappa shape index (κ1) is 13.0. The largest absolute Gasteiger partial charge is 0.480 e. The van der Waals surface area contributed by atoms with Crippen LogP contribution in [0, 0.1) is 12.7 Å². The quantitative estimate of drug-likeness (QED) is 0.897. The van der Waals surface area contributed by atoms with Gasteiger partial charge in [0.1, 0.15) is 11.9 Å². The topological polar surface area (TPSA) is 40.5 Å². The van der Waals surface area contributed by atoms with E-state index in [9.17, 15) is 14.3 Å². The minimum Gasteiger partial charge on any atom is -0.480 e. The summed E-state index contributed by atoms with van der Waals surface area (Å²) in [7, 11) is 0. The minimum atomic E-state index is -0.803.